The Hall–Kier alpha value is -1.36. The zero-order valence-electron chi connectivity index (χ0n) is 12.3. The van der Waals surface area contributed by atoms with Crippen LogP contribution >= 0.6 is 11.6 Å². The molecule has 0 saturated heterocycles. The molecule has 0 fully saturated rings. The van der Waals surface area contributed by atoms with Gasteiger partial charge in [0, 0.05) is 20.1 Å². The van der Waals surface area contributed by atoms with E-state index >= 15 is 0 Å². The highest BCUT2D eigenvalue weighted by Crippen LogP contribution is 2.31. The van der Waals surface area contributed by atoms with Gasteiger partial charge in [0.05, 0.1) is 5.39 Å². The van der Waals surface area contributed by atoms with Gasteiger partial charge in [-0.1, -0.05) is 32.4 Å². The van der Waals surface area contributed by atoms with Crippen LogP contribution in [0.15, 0.2) is 6.07 Å². The number of rotatable bonds is 2. The molecule has 104 valence electrons. The molecule has 6 heteroatoms. The predicted molar refractivity (Wildman–Crippen MR) is 78.6 cm³/mol. The average molecular weight is 282 g/mol. The van der Waals surface area contributed by atoms with Crippen molar-refractivity contribution in [2.24, 2.45) is 12.5 Å². The lowest BCUT2D eigenvalue weighted by atomic mass is 9.87. The topological polar surface area (TPSA) is 46.8 Å². The Morgan fingerprint density at radius 2 is 1.95 bits per heavy atom. The molecule has 0 aliphatic heterocycles. The first-order valence-electron chi connectivity index (χ1n) is 6.30. The maximum absolute atomic E-state index is 5.94. The van der Waals surface area contributed by atoms with Gasteiger partial charge < -0.3 is 4.90 Å². The van der Waals surface area contributed by atoms with Crippen molar-refractivity contribution in [3.63, 3.8) is 0 Å². The van der Waals surface area contributed by atoms with E-state index in [-0.39, 0.29) is 5.41 Å². The first kappa shape index (κ1) is 14.1. The fourth-order valence-corrected chi connectivity index (χ4v) is 2.18. The zero-order valence-corrected chi connectivity index (χ0v) is 13.0. The van der Waals surface area contributed by atoms with Crippen molar-refractivity contribution in [2.75, 3.05) is 11.9 Å². The second-order valence-electron chi connectivity index (χ2n) is 6.00. The van der Waals surface area contributed by atoms with Crippen LogP contribution in [0.4, 0.5) is 5.82 Å². The van der Waals surface area contributed by atoms with E-state index in [2.05, 4.69) is 47.9 Å². The minimum Gasteiger partial charge on any atom is -0.354 e. The summed E-state index contributed by atoms with van der Waals surface area (Å²) < 4.78 is 1.74. The molecule has 0 aromatic carbocycles. The largest absolute Gasteiger partial charge is 0.354 e. The molecule has 0 N–H and O–H groups in total. The van der Waals surface area contributed by atoms with Crippen LogP contribution in [0, 0.1) is 5.41 Å². The quantitative estimate of drug-likeness (QED) is 0.849. The number of fused-ring (bicyclic) bond motifs is 1. The number of halogens is 1. The summed E-state index contributed by atoms with van der Waals surface area (Å²) in [6, 6.07) is 2.15. The minimum atomic E-state index is 0.156. The molecule has 5 nitrogen and oxygen atoms in total. The van der Waals surface area contributed by atoms with Gasteiger partial charge in [-0.25, -0.2) is 4.68 Å². The van der Waals surface area contributed by atoms with Crippen LogP contribution in [-0.4, -0.2) is 33.1 Å². The van der Waals surface area contributed by atoms with Crippen molar-refractivity contribution in [3.05, 3.63) is 11.2 Å². The molecule has 0 saturated carbocycles. The Labute approximate surface area is 118 Å². The van der Waals surface area contributed by atoms with E-state index < -0.39 is 0 Å². The maximum Gasteiger partial charge on any atom is 0.182 e. The molecule has 0 amide bonds. The monoisotopic (exact) mass is 281 g/mol. The molecule has 2 aromatic heterocycles. The lowest BCUT2D eigenvalue weighted by Crippen LogP contribution is -2.39. The van der Waals surface area contributed by atoms with Crippen LogP contribution in [0.3, 0.4) is 0 Å². The standard InChI is InChI=1S/C13H20ClN5/c1-8(13(2,3)4)18(5)12-9-7-10(14)15-16-11(9)19(6)17-12/h7-8H,1-6H3. The number of aryl methyl sites for hydroxylation is 1. The summed E-state index contributed by atoms with van der Waals surface area (Å²) in [5.74, 6) is 0.886. The third-order valence-corrected chi connectivity index (χ3v) is 3.89. The van der Waals surface area contributed by atoms with Gasteiger partial charge in [-0.05, 0) is 18.4 Å². The normalized spacial score (nSPS) is 13.8. The SMILES string of the molecule is CC(N(C)c1nn(C)c2nnc(Cl)cc12)C(C)(C)C. The highest BCUT2D eigenvalue weighted by Gasteiger charge is 2.27. The minimum absolute atomic E-state index is 0.156. The van der Waals surface area contributed by atoms with Crippen LogP contribution in [0.5, 0.6) is 0 Å². The molecule has 0 aliphatic carbocycles. The molecular weight excluding hydrogens is 262 g/mol. The van der Waals surface area contributed by atoms with E-state index in [0.29, 0.717) is 11.2 Å². The van der Waals surface area contributed by atoms with Crippen molar-refractivity contribution in [2.45, 2.75) is 33.7 Å². The molecule has 19 heavy (non-hydrogen) atoms. The third-order valence-electron chi connectivity index (χ3n) is 3.71. The maximum atomic E-state index is 5.94. The van der Waals surface area contributed by atoms with Crippen LogP contribution in [0.25, 0.3) is 11.0 Å². The van der Waals surface area contributed by atoms with E-state index in [0.717, 1.165) is 16.9 Å². The first-order chi connectivity index (χ1) is 8.71. The van der Waals surface area contributed by atoms with Crippen LogP contribution in [-0.2, 0) is 7.05 Å². The molecule has 2 rings (SSSR count). The summed E-state index contributed by atoms with van der Waals surface area (Å²) in [7, 11) is 3.91. The lowest BCUT2D eigenvalue weighted by Gasteiger charge is -2.35. The van der Waals surface area contributed by atoms with Crippen molar-refractivity contribution >= 4 is 28.5 Å². The fraction of sp³-hybridized carbons (Fsp3) is 0.615. The summed E-state index contributed by atoms with van der Waals surface area (Å²) in [5, 5.41) is 13.8. The molecule has 0 spiro atoms. The van der Waals surface area contributed by atoms with Gasteiger partial charge in [0.25, 0.3) is 0 Å². The van der Waals surface area contributed by atoms with Crippen LogP contribution in [0.2, 0.25) is 5.15 Å². The zero-order chi connectivity index (χ0) is 14.4. The molecule has 0 bridgehead atoms. The number of anilines is 1. The van der Waals surface area contributed by atoms with Gasteiger partial charge in [-0.15, -0.1) is 10.2 Å². The van der Waals surface area contributed by atoms with Crippen molar-refractivity contribution in [3.8, 4) is 0 Å². The molecule has 2 aromatic rings. The fourth-order valence-electron chi connectivity index (χ4n) is 2.03. The highest BCUT2D eigenvalue weighted by atomic mass is 35.5. The first-order valence-corrected chi connectivity index (χ1v) is 6.68. The van der Waals surface area contributed by atoms with E-state index in [1.54, 1.807) is 4.68 Å². The number of hydrogen-bond acceptors (Lipinski definition) is 4. The molecule has 1 unspecified atom stereocenters. The number of aromatic nitrogens is 4. The van der Waals surface area contributed by atoms with Gasteiger partial charge in [0.2, 0.25) is 0 Å². The molecular formula is C13H20ClN5. The van der Waals surface area contributed by atoms with Crippen molar-refractivity contribution in [1.29, 1.82) is 0 Å². The average Bonchev–Trinajstić information content (AvgIpc) is 2.63. The van der Waals surface area contributed by atoms with E-state index in [1.165, 1.54) is 0 Å². The smallest absolute Gasteiger partial charge is 0.182 e. The van der Waals surface area contributed by atoms with E-state index in [9.17, 15) is 0 Å². The third kappa shape index (κ3) is 2.52. The number of hydrogen-bond donors (Lipinski definition) is 0. The summed E-state index contributed by atoms with van der Waals surface area (Å²) in [4.78, 5) is 2.17. The Bertz CT molecular complexity index is 599. The van der Waals surface area contributed by atoms with E-state index in [1.807, 2.05) is 20.2 Å². The van der Waals surface area contributed by atoms with Gasteiger partial charge in [-0.2, -0.15) is 5.10 Å². The van der Waals surface area contributed by atoms with Gasteiger partial charge in [0.15, 0.2) is 16.6 Å². The molecule has 0 aliphatic rings. The number of nitrogens with zero attached hydrogens (tertiary/aromatic N) is 5. The van der Waals surface area contributed by atoms with E-state index in [4.69, 9.17) is 11.6 Å². The van der Waals surface area contributed by atoms with Crippen LogP contribution in [0.1, 0.15) is 27.7 Å². The second kappa shape index (κ2) is 4.63. The Kier molecular flexibility index (Phi) is 3.43. The van der Waals surface area contributed by atoms with Crippen molar-refractivity contribution < 1.29 is 0 Å². The molecule has 0 radical (unpaired) electrons. The Balaban J connectivity index is 2.54. The summed E-state index contributed by atoms with van der Waals surface area (Å²) >= 11 is 5.94. The molecule has 2 heterocycles. The Morgan fingerprint density at radius 3 is 2.53 bits per heavy atom. The van der Waals surface area contributed by atoms with Crippen LogP contribution < -0.4 is 4.90 Å². The lowest BCUT2D eigenvalue weighted by molar-refractivity contribution is 0.328. The summed E-state index contributed by atoms with van der Waals surface area (Å²) in [6.45, 7) is 8.83. The van der Waals surface area contributed by atoms with Gasteiger partial charge in [0.1, 0.15) is 0 Å². The van der Waals surface area contributed by atoms with Gasteiger partial charge in [-0.3, -0.25) is 0 Å². The predicted octanol–water partition coefficient (Wildman–Crippen LogP) is 2.89. The summed E-state index contributed by atoms with van der Waals surface area (Å²) in [5.41, 5.74) is 0.899. The Morgan fingerprint density at radius 1 is 1.32 bits per heavy atom. The summed E-state index contributed by atoms with van der Waals surface area (Å²) in [6.07, 6.45) is 0. The second-order valence-corrected chi connectivity index (χ2v) is 6.39. The molecule has 1 atom stereocenters. The van der Waals surface area contributed by atoms with Gasteiger partial charge >= 0.3 is 0 Å². The highest BCUT2D eigenvalue weighted by molar-refractivity contribution is 6.30. The van der Waals surface area contributed by atoms with Crippen molar-refractivity contribution in [1.82, 2.24) is 20.0 Å².